The maximum absolute atomic E-state index is 3.32. The molecule has 2 aliphatic heterocycles. The Kier molecular flexibility index (Phi) is 6.55. The van der Waals surface area contributed by atoms with Gasteiger partial charge in [-0.05, 0) is 117 Å². The van der Waals surface area contributed by atoms with Crippen LogP contribution < -0.4 is 0 Å². The first-order chi connectivity index (χ1) is 30.2. The molecule has 14 rings (SSSR count). The molecule has 61 heavy (non-hydrogen) atoms. The van der Waals surface area contributed by atoms with E-state index >= 15 is 0 Å². The second-order valence-electron chi connectivity index (χ2n) is 16.6. The second kappa shape index (κ2) is 12.1. The van der Waals surface area contributed by atoms with Gasteiger partial charge < -0.3 is 16.9 Å². The molecule has 0 atom stereocenters. The molecule has 6 heterocycles. The van der Waals surface area contributed by atoms with Gasteiger partial charge in [0.05, 0.1) is 22.8 Å². The zero-order chi connectivity index (χ0) is 39.8. The average Bonchev–Trinajstić information content (AvgIpc) is 4.16. The lowest BCUT2D eigenvalue weighted by atomic mass is 10.0. The molecular weight excluding hydrogens is 757 g/mol. The van der Waals surface area contributed by atoms with Gasteiger partial charge in [-0.25, -0.2) is 0 Å². The third-order valence-electron chi connectivity index (χ3n) is 13.4. The Morgan fingerprint density at radius 3 is 0.672 bits per heavy atom. The molecule has 0 fully saturated rings. The van der Waals surface area contributed by atoms with E-state index in [1.165, 1.54) is 111 Å². The Bertz CT molecular complexity index is 3240. The highest BCUT2D eigenvalue weighted by Crippen LogP contribution is 2.53. The highest BCUT2D eigenvalue weighted by Gasteiger charge is 2.60. The molecule has 4 aromatic heterocycles. The predicted octanol–water partition coefficient (Wildman–Crippen LogP) is 14.1. The Labute approximate surface area is 353 Å². The Balaban J connectivity index is 1.12. The van der Waals surface area contributed by atoms with E-state index in [0.29, 0.717) is 0 Å². The van der Waals surface area contributed by atoms with Crippen molar-refractivity contribution >= 4 is 52.3 Å². The zero-order valence-electron chi connectivity index (χ0n) is 33.1. The monoisotopic (exact) mass is 792 g/mol. The van der Waals surface area contributed by atoms with Crippen molar-refractivity contribution in [3.63, 3.8) is 0 Å². The Morgan fingerprint density at radius 1 is 0.213 bits per heavy atom. The Hall–Kier alpha value is -7.86. The van der Waals surface area contributed by atoms with Gasteiger partial charge in [0.1, 0.15) is 0 Å². The number of hydrogen-bond donors (Lipinski definition) is 0. The van der Waals surface area contributed by atoms with E-state index < -0.39 is 8.72 Å². The third-order valence-corrected chi connectivity index (χ3v) is 17.7. The predicted molar refractivity (Wildman–Crippen MR) is 255 cm³/mol. The van der Waals surface area contributed by atoms with Crippen LogP contribution in [0.4, 0.5) is 0 Å². The minimum absolute atomic E-state index is 1.23. The largest absolute Gasteiger partial charge is 0.522 e. The summed E-state index contributed by atoms with van der Waals surface area (Å²) in [5, 5.41) is 5.02. The number of nitrogens with zero attached hydrogens (tertiary/aromatic N) is 4. The first-order valence-corrected chi connectivity index (χ1v) is 22.9. The fourth-order valence-corrected chi connectivity index (χ4v) is 16.1. The van der Waals surface area contributed by atoms with Crippen LogP contribution in [0.25, 0.3) is 111 Å². The minimum atomic E-state index is -3.32. The summed E-state index contributed by atoms with van der Waals surface area (Å²) in [5.74, 6) is 0. The summed E-state index contributed by atoms with van der Waals surface area (Å²) in [4.78, 5) is 0. The zero-order valence-corrected chi connectivity index (χ0v) is 34.1. The topological polar surface area (TPSA) is 19.7 Å². The number of aromatic nitrogens is 4. The molecule has 0 N–H and O–H groups in total. The summed E-state index contributed by atoms with van der Waals surface area (Å²) in [6.45, 7) is 0. The van der Waals surface area contributed by atoms with E-state index in [1.54, 1.807) is 0 Å². The van der Waals surface area contributed by atoms with Crippen molar-refractivity contribution in [2.45, 2.75) is 0 Å². The summed E-state index contributed by atoms with van der Waals surface area (Å²) >= 11 is 0. The highest BCUT2D eigenvalue weighted by atomic mass is 28.4. The highest BCUT2D eigenvalue weighted by molar-refractivity contribution is 6.81. The molecule has 0 saturated heterocycles. The number of rotatable bonds is 4. The van der Waals surface area contributed by atoms with Crippen molar-refractivity contribution in [3.05, 3.63) is 218 Å². The van der Waals surface area contributed by atoms with Gasteiger partial charge in [-0.1, -0.05) is 146 Å². The summed E-state index contributed by atoms with van der Waals surface area (Å²) < 4.78 is 11.1. The van der Waals surface area contributed by atoms with E-state index in [1.807, 2.05) is 0 Å². The lowest BCUT2D eigenvalue weighted by molar-refractivity contribution is 0.960. The van der Waals surface area contributed by atoms with Gasteiger partial charge in [-0.3, -0.25) is 0 Å². The Morgan fingerprint density at radius 2 is 0.443 bits per heavy atom. The molecule has 5 heteroatoms. The van der Waals surface area contributed by atoms with Crippen molar-refractivity contribution in [1.82, 2.24) is 16.9 Å². The van der Waals surface area contributed by atoms with Gasteiger partial charge in [0, 0.05) is 43.6 Å². The maximum Gasteiger partial charge on any atom is 0.522 e. The number of fused-ring (bicyclic) bond motifs is 18. The SMILES string of the molecule is c1ccc(-c2ccc3c(c2)cc2n3[Si]3(n4c-2cc2cc(-c5ccccc5)ccc24)n2c(cc4cc(-c5ccccc5)ccc42)-c2cc4cc(-c5ccccc5)ccc4n23)cc1. The van der Waals surface area contributed by atoms with Crippen LogP contribution in [0.3, 0.4) is 0 Å². The van der Waals surface area contributed by atoms with E-state index in [4.69, 9.17) is 0 Å². The molecule has 8 aromatic carbocycles. The molecule has 0 aliphatic carbocycles. The summed E-state index contributed by atoms with van der Waals surface area (Å²) in [7, 11) is -3.32. The molecule has 284 valence electrons. The molecular formula is C56H36N4Si. The molecule has 2 aliphatic rings. The summed E-state index contributed by atoms with van der Waals surface area (Å²) in [5.41, 5.74) is 19.9. The van der Waals surface area contributed by atoms with Crippen LogP contribution >= 0.6 is 0 Å². The lowest BCUT2D eigenvalue weighted by Crippen LogP contribution is -2.59. The molecule has 0 unspecified atom stereocenters. The minimum Gasteiger partial charge on any atom is -0.313 e. The van der Waals surface area contributed by atoms with Crippen molar-refractivity contribution in [2.24, 2.45) is 0 Å². The number of benzene rings is 8. The van der Waals surface area contributed by atoms with Crippen LogP contribution in [0, 0.1) is 0 Å². The normalized spacial score (nSPS) is 13.4. The van der Waals surface area contributed by atoms with E-state index in [2.05, 4.69) is 235 Å². The maximum atomic E-state index is 2.77. The third kappa shape index (κ3) is 4.42. The smallest absolute Gasteiger partial charge is 0.313 e. The lowest BCUT2D eigenvalue weighted by Gasteiger charge is -2.32. The van der Waals surface area contributed by atoms with Crippen LogP contribution in [0.15, 0.2) is 218 Å². The fourth-order valence-electron chi connectivity index (χ4n) is 10.7. The summed E-state index contributed by atoms with van der Waals surface area (Å²) in [6, 6.07) is 81.4. The van der Waals surface area contributed by atoms with Gasteiger partial charge in [0.2, 0.25) is 0 Å². The number of hydrogen-bond acceptors (Lipinski definition) is 0. The second-order valence-corrected chi connectivity index (χ2v) is 19.6. The van der Waals surface area contributed by atoms with Crippen molar-refractivity contribution < 1.29 is 0 Å². The van der Waals surface area contributed by atoms with Gasteiger partial charge >= 0.3 is 8.72 Å². The van der Waals surface area contributed by atoms with Gasteiger partial charge in [0.15, 0.2) is 0 Å². The van der Waals surface area contributed by atoms with Crippen LogP contribution in [0.1, 0.15) is 0 Å². The van der Waals surface area contributed by atoms with E-state index in [0.717, 1.165) is 0 Å². The average molecular weight is 793 g/mol. The van der Waals surface area contributed by atoms with Gasteiger partial charge in [-0.15, -0.1) is 0 Å². The van der Waals surface area contributed by atoms with Gasteiger partial charge in [0.25, 0.3) is 0 Å². The molecule has 0 radical (unpaired) electrons. The molecule has 4 nitrogen and oxygen atoms in total. The fraction of sp³-hybridized carbons (Fsp3) is 0. The van der Waals surface area contributed by atoms with Crippen molar-refractivity contribution in [2.75, 3.05) is 0 Å². The van der Waals surface area contributed by atoms with Crippen LogP contribution in [-0.2, 0) is 0 Å². The molecule has 12 aromatic rings. The van der Waals surface area contributed by atoms with Crippen molar-refractivity contribution in [1.29, 1.82) is 0 Å². The first-order valence-electron chi connectivity index (χ1n) is 21.1. The van der Waals surface area contributed by atoms with Gasteiger partial charge in [-0.2, -0.15) is 0 Å². The summed E-state index contributed by atoms with van der Waals surface area (Å²) in [6.07, 6.45) is 0. The first kappa shape index (κ1) is 33.0. The quantitative estimate of drug-likeness (QED) is 0.158. The molecule has 0 amide bonds. The van der Waals surface area contributed by atoms with Crippen molar-refractivity contribution in [3.8, 4) is 67.3 Å². The van der Waals surface area contributed by atoms with Crippen LogP contribution in [0.2, 0.25) is 0 Å². The van der Waals surface area contributed by atoms with Crippen LogP contribution in [0.5, 0.6) is 0 Å². The van der Waals surface area contributed by atoms with E-state index in [9.17, 15) is 0 Å². The van der Waals surface area contributed by atoms with E-state index in [-0.39, 0.29) is 0 Å². The molecule has 0 bridgehead atoms. The molecule has 0 saturated carbocycles. The van der Waals surface area contributed by atoms with Crippen LogP contribution in [-0.4, -0.2) is 25.7 Å². The standard InChI is InChI=1S/C56H36N4Si/c1-5-13-37(14-6-1)41-21-25-49-45(29-41)33-53-54-34-46-30-42(38-15-7-2-8-16-38)22-26-50(46)58(54)61(57(49)53)59-51-27-23-43(39-17-9-3-10-18-39)31-47(51)35-55(59)56-36-48-32-44(24-28-52(48)60(56)61)40-19-11-4-12-20-40/h1-36H. The molecule has 1 spiro atoms.